The van der Waals surface area contributed by atoms with Crippen LogP contribution < -0.4 is 16.8 Å². The number of nitrogen functional groups attached to an aromatic ring is 2. The third-order valence-electron chi connectivity index (χ3n) is 3.20. The van der Waals surface area contributed by atoms with Crippen molar-refractivity contribution >= 4 is 33.5 Å². The molecule has 0 unspecified atom stereocenters. The maximum Gasteiger partial charge on any atom is 0.187 e. The molecule has 1 heterocycles. The van der Waals surface area contributed by atoms with E-state index in [1.165, 1.54) is 0 Å². The zero-order valence-electron chi connectivity index (χ0n) is 11.6. The maximum atomic E-state index is 5.76. The fourth-order valence-electron chi connectivity index (χ4n) is 2.06. The van der Waals surface area contributed by atoms with Gasteiger partial charge in [-0.25, -0.2) is 4.98 Å². The van der Waals surface area contributed by atoms with Gasteiger partial charge in [0.1, 0.15) is 0 Å². The number of rotatable bonds is 3. The molecule has 0 fully saturated rings. The monoisotopic (exact) mass is 296 g/mol. The van der Waals surface area contributed by atoms with Gasteiger partial charge in [0, 0.05) is 28.0 Å². The van der Waals surface area contributed by atoms with E-state index in [2.05, 4.69) is 10.3 Å². The Hall–Kier alpha value is -2.53. The summed E-state index contributed by atoms with van der Waals surface area (Å²) in [6, 6.07) is 13.5. The Labute approximate surface area is 127 Å². The van der Waals surface area contributed by atoms with E-state index >= 15 is 0 Å². The molecule has 0 radical (unpaired) electrons. The van der Waals surface area contributed by atoms with Crippen molar-refractivity contribution in [3.8, 4) is 11.3 Å². The number of nitrogens with two attached hydrogens (primary N) is 2. The number of thiazole rings is 1. The zero-order valence-corrected chi connectivity index (χ0v) is 12.4. The minimum absolute atomic E-state index is 0.754. The third kappa shape index (κ3) is 2.98. The molecule has 0 bridgehead atoms. The first-order chi connectivity index (χ1) is 10.1. The second-order valence-electron chi connectivity index (χ2n) is 4.86. The molecule has 1 aromatic heterocycles. The standard InChI is InChI=1S/C16H16N4S/c1-10-8-13(18)6-7-14(10)19-16-20-15(9-21-16)11-2-4-12(17)5-3-11/h2-9H,17-18H2,1H3,(H,19,20). The van der Waals surface area contributed by atoms with Crippen LogP contribution in [0.25, 0.3) is 11.3 Å². The van der Waals surface area contributed by atoms with E-state index in [9.17, 15) is 0 Å². The van der Waals surface area contributed by atoms with Gasteiger partial charge in [0.2, 0.25) is 0 Å². The first kappa shape index (κ1) is 13.5. The Morgan fingerprint density at radius 1 is 1.00 bits per heavy atom. The molecule has 106 valence electrons. The van der Waals surface area contributed by atoms with Crippen molar-refractivity contribution in [1.29, 1.82) is 0 Å². The molecule has 4 nitrogen and oxygen atoms in total. The van der Waals surface area contributed by atoms with Gasteiger partial charge in [-0.2, -0.15) is 0 Å². The highest BCUT2D eigenvalue weighted by Gasteiger charge is 2.06. The summed E-state index contributed by atoms with van der Waals surface area (Å²) in [5.74, 6) is 0. The lowest BCUT2D eigenvalue weighted by molar-refractivity contribution is 1.36. The lowest BCUT2D eigenvalue weighted by Gasteiger charge is -2.07. The van der Waals surface area contributed by atoms with Gasteiger partial charge >= 0.3 is 0 Å². The molecule has 0 atom stereocenters. The van der Waals surface area contributed by atoms with Crippen LogP contribution in [0.5, 0.6) is 0 Å². The Morgan fingerprint density at radius 3 is 2.43 bits per heavy atom. The van der Waals surface area contributed by atoms with Gasteiger partial charge in [0.15, 0.2) is 5.13 Å². The molecule has 3 aromatic rings. The number of benzene rings is 2. The highest BCUT2D eigenvalue weighted by atomic mass is 32.1. The molecule has 0 saturated carbocycles. The second kappa shape index (κ2) is 5.46. The average molecular weight is 296 g/mol. The fraction of sp³-hybridized carbons (Fsp3) is 0.0625. The molecule has 0 spiro atoms. The van der Waals surface area contributed by atoms with Crippen LogP contribution in [0.15, 0.2) is 47.8 Å². The molecule has 3 rings (SSSR count). The Kier molecular flexibility index (Phi) is 3.50. The van der Waals surface area contributed by atoms with Gasteiger partial charge in [-0.15, -0.1) is 11.3 Å². The van der Waals surface area contributed by atoms with Crippen molar-refractivity contribution in [1.82, 2.24) is 4.98 Å². The zero-order chi connectivity index (χ0) is 14.8. The van der Waals surface area contributed by atoms with Crippen molar-refractivity contribution in [2.45, 2.75) is 6.92 Å². The summed E-state index contributed by atoms with van der Waals surface area (Å²) in [6.45, 7) is 2.02. The second-order valence-corrected chi connectivity index (χ2v) is 5.72. The van der Waals surface area contributed by atoms with E-state index in [0.717, 1.165) is 39.0 Å². The SMILES string of the molecule is Cc1cc(N)ccc1Nc1nc(-c2ccc(N)cc2)cs1. The lowest BCUT2D eigenvalue weighted by atomic mass is 10.1. The van der Waals surface area contributed by atoms with Gasteiger partial charge < -0.3 is 16.8 Å². The first-order valence-electron chi connectivity index (χ1n) is 6.56. The Bertz CT molecular complexity index is 762. The topological polar surface area (TPSA) is 77.0 Å². The summed E-state index contributed by atoms with van der Waals surface area (Å²) in [5.41, 5.74) is 17.1. The molecule has 21 heavy (non-hydrogen) atoms. The average Bonchev–Trinajstić information content (AvgIpc) is 2.91. The minimum atomic E-state index is 0.754. The molecule has 0 amide bonds. The largest absolute Gasteiger partial charge is 0.399 e. The number of nitrogens with zero attached hydrogens (tertiary/aromatic N) is 1. The molecular formula is C16H16N4S. The molecule has 0 aliphatic carbocycles. The molecule has 2 aromatic carbocycles. The highest BCUT2D eigenvalue weighted by molar-refractivity contribution is 7.14. The van der Waals surface area contributed by atoms with Crippen LogP contribution in [-0.2, 0) is 0 Å². The molecular weight excluding hydrogens is 280 g/mol. The maximum absolute atomic E-state index is 5.76. The van der Waals surface area contributed by atoms with Crippen LogP contribution in [0.3, 0.4) is 0 Å². The fourth-order valence-corrected chi connectivity index (χ4v) is 2.79. The Balaban J connectivity index is 1.83. The summed E-state index contributed by atoms with van der Waals surface area (Å²) < 4.78 is 0. The van der Waals surface area contributed by atoms with Crippen molar-refractivity contribution in [3.05, 3.63) is 53.4 Å². The summed E-state index contributed by atoms with van der Waals surface area (Å²) >= 11 is 1.57. The summed E-state index contributed by atoms with van der Waals surface area (Å²) in [4.78, 5) is 4.60. The number of anilines is 4. The first-order valence-corrected chi connectivity index (χ1v) is 7.44. The number of aromatic nitrogens is 1. The number of nitrogens with one attached hydrogen (secondary N) is 1. The third-order valence-corrected chi connectivity index (χ3v) is 3.96. The molecule has 5 N–H and O–H groups in total. The minimum Gasteiger partial charge on any atom is -0.399 e. The summed E-state index contributed by atoms with van der Waals surface area (Å²) in [5, 5.41) is 6.21. The van der Waals surface area contributed by atoms with Crippen LogP contribution in [0.4, 0.5) is 22.2 Å². The van der Waals surface area contributed by atoms with E-state index in [-0.39, 0.29) is 0 Å². The van der Waals surface area contributed by atoms with Crippen LogP contribution in [-0.4, -0.2) is 4.98 Å². The smallest absolute Gasteiger partial charge is 0.187 e. The molecule has 5 heteroatoms. The van der Waals surface area contributed by atoms with Crippen molar-refractivity contribution in [3.63, 3.8) is 0 Å². The van der Waals surface area contributed by atoms with Crippen molar-refractivity contribution in [2.24, 2.45) is 0 Å². The number of aryl methyl sites for hydroxylation is 1. The van der Waals surface area contributed by atoms with Gasteiger partial charge in [-0.05, 0) is 42.8 Å². The van der Waals surface area contributed by atoms with Crippen LogP contribution in [0.1, 0.15) is 5.56 Å². The van der Waals surface area contributed by atoms with Gasteiger partial charge in [-0.1, -0.05) is 12.1 Å². The van der Waals surface area contributed by atoms with Gasteiger partial charge in [0.05, 0.1) is 5.69 Å². The lowest BCUT2D eigenvalue weighted by Crippen LogP contribution is -1.94. The van der Waals surface area contributed by atoms with E-state index < -0.39 is 0 Å². The summed E-state index contributed by atoms with van der Waals surface area (Å²) in [7, 11) is 0. The van der Waals surface area contributed by atoms with Crippen LogP contribution in [0.2, 0.25) is 0 Å². The number of hydrogen-bond donors (Lipinski definition) is 3. The van der Waals surface area contributed by atoms with E-state index in [1.807, 2.05) is 54.8 Å². The number of hydrogen-bond acceptors (Lipinski definition) is 5. The van der Waals surface area contributed by atoms with Crippen molar-refractivity contribution < 1.29 is 0 Å². The van der Waals surface area contributed by atoms with Crippen LogP contribution in [0, 0.1) is 6.92 Å². The summed E-state index contributed by atoms with van der Waals surface area (Å²) in [6.07, 6.45) is 0. The highest BCUT2D eigenvalue weighted by Crippen LogP contribution is 2.29. The molecule has 0 saturated heterocycles. The van der Waals surface area contributed by atoms with Gasteiger partial charge in [0.25, 0.3) is 0 Å². The normalized spacial score (nSPS) is 10.5. The van der Waals surface area contributed by atoms with Crippen molar-refractivity contribution in [2.75, 3.05) is 16.8 Å². The predicted octanol–water partition coefficient (Wildman–Crippen LogP) is 4.03. The van der Waals surface area contributed by atoms with E-state index in [0.29, 0.717) is 0 Å². The van der Waals surface area contributed by atoms with Gasteiger partial charge in [-0.3, -0.25) is 0 Å². The Morgan fingerprint density at radius 2 is 1.71 bits per heavy atom. The quantitative estimate of drug-likeness (QED) is 0.638. The molecule has 0 aliphatic heterocycles. The van der Waals surface area contributed by atoms with E-state index in [4.69, 9.17) is 11.5 Å². The van der Waals surface area contributed by atoms with E-state index in [1.54, 1.807) is 11.3 Å². The van der Waals surface area contributed by atoms with Crippen LogP contribution >= 0.6 is 11.3 Å². The molecule has 0 aliphatic rings. The predicted molar refractivity (Wildman–Crippen MR) is 90.8 cm³/mol.